The van der Waals surface area contributed by atoms with Gasteiger partial charge in [0.05, 0.1) is 14.8 Å². The van der Waals surface area contributed by atoms with Crippen molar-refractivity contribution in [2.75, 3.05) is 26.6 Å². The number of ether oxygens (including phenoxy) is 1. The van der Waals surface area contributed by atoms with E-state index in [1.54, 1.807) is 0 Å². The molecule has 2 aromatic carbocycles. The van der Waals surface area contributed by atoms with Gasteiger partial charge in [-0.1, -0.05) is 37.9 Å². The van der Waals surface area contributed by atoms with E-state index in [4.69, 9.17) is 26.7 Å². The highest BCUT2D eigenvalue weighted by molar-refractivity contribution is 5.74. The molecular weight excluding hydrogens is 393 g/mol. The van der Waals surface area contributed by atoms with Crippen LogP contribution in [0.5, 0.6) is 5.75 Å². The van der Waals surface area contributed by atoms with Crippen molar-refractivity contribution in [2.24, 2.45) is 5.89 Å². The fraction of sp³-hybridized carbons (Fsp3) is 0.480. The molecule has 2 amide bonds. The Morgan fingerprint density at radius 3 is 2.65 bits per heavy atom. The smallest absolute Gasteiger partial charge is 0.318 e. The summed E-state index contributed by atoms with van der Waals surface area (Å²) in [5, 5.41) is 2.53. The van der Waals surface area contributed by atoms with Crippen molar-refractivity contribution in [3.05, 3.63) is 65.4 Å². The first-order chi connectivity index (χ1) is 21.3. The topological polar surface area (TPSA) is 44.8 Å². The number of piperidine rings is 1. The quantitative estimate of drug-likeness (QED) is 0.645. The zero-order chi connectivity index (χ0) is 35.9. The van der Waals surface area contributed by atoms with Crippen molar-refractivity contribution in [1.82, 2.24) is 15.1 Å². The van der Waals surface area contributed by atoms with Crippen molar-refractivity contribution in [1.29, 1.82) is 0 Å². The largest absolute Gasteiger partial charge is 0.493 e. The van der Waals surface area contributed by atoms with Gasteiger partial charge in [0.1, 0.15) is 11.6 Å². The predicted octanol–water partition coefficient (Wildman–Crippen LogP) is 4.67. The van der Waals surface area contributed by atoms with E-state index in [0.29, 0.717) is 5.56 Å². The maximum absolute atomic E-state index is 13.5. The first-order valence-corrected chi connectivity index (χ1v) is 9.65. The number of hydrogen-bond acceptors (Lipinski definition) is 3. The summed E-state index contributed by atoms with van der Waals surface area (Å²) in [6.07, 6.45) is 0.568. The minimum atomic E-state index is -3.89. The van der Waals surface area contributed by atoms with Crippen molar-refractivity contribution >= 4 is 6.03 Å². The summed E-state index contributed by atoms with van der Waals surface area (Å²) in [7, 11) is 0. The zero-order valence-electron chi connectivity index (χ0n) is 32.7. The molecule has 1 aliphatic heterocycles. The van der Waals surface area contributed by atoms with E-state index in [-0.39, 0.29) is 38.0 Å². The molecule has 1 heterocycles. The Balaban J connectivity index is 1.90. The number of carbonyl (C=O) groups is 1. The highest BCUT2D eigenvalue weighted by Crippen LogP contribution is 2.19. The lowest BCUT2D eigenvalue weighted by atomic mass is 10.0. The fourth-order valence-corrected chi connectivity index (χ4v) is 3.16. The number of halogens is 1. The lowest BCUT2D eigenvalue weighted by molar-refractivity contribution is 0.127. The molecule has 0 unspecified atom stereocenters. The Hall–Kier alpha value is -2.60. The van der Waals surface area contributed by atoms with Crippen LogP contribution in [0, 0.1) is 11.7 Å². The minimum absolute atomic E-state index is 0.0108. The minimum Gasteiger partial charge on any atom is -0.493 e. The van der Waals surface area contributed by atoms with Crippen LogP contribution in [0.1, 0.15) is 59.6 Å². The van der Waals surface area contributed by atoms with Gasteiger partial charge in [0.2, 0.25) is 0 Å². The van der Waals surface area contributed by atoms with E-state index in [2.05, 4.69) is 5.32 Å². The Kier molecular flexibility index (Phi) is 3.56. The summed E-state index contributed by atoms with van der Waals surface area (Å²) < 4.78 is 144. The van der Waals surface area contributed by atoms with Gasteiger partial charge in [-0.05, 0) is 74.1 Å². The summed E-state index contributed by atoms with van der Waals surface area (Å²) in [6.45, 7) is -14.0. The van der Waals surface area contributed by atoms with Crippen molar-refractivity contribution in [3.8, 4) is 5.75 Å². The average molecular weight is 444 g/mol. The van der Waals surface area contributed by atoms with Crippen LogP contribution in [-0.2, 0) is 13.1 Å². The molecule has 2 aromatic rings. The van der Waals surface area contributed by atoms with Gasteiger partial charge in [0, 0.05) is 32.8 Å². The third-order valence-electron chi connectivity index (χ3n) is 4.76. The summed E-state index contributed by atoms with van der Waals surface area (Å²) >= 11 is 0. The van der Waals surface area contributed by atoms with E-state index in [1.165, 1.54) is 34.1 Å². The Bertz CT molecular complexity index is 1400. The number of likely N-dealkylation sites (tertiary alicyclic amines) is 1. The molecule has 0 aliphatic carbocycles. The number of urea groups is 1. The third-order valence-corrected chi connectivity index (χ3v) is 4.76. The maximum Gasteiger partial charge on any atom is 0.318 e. The van der Waals surface area contributed by atoms with Gasteiger partial charge < -0.3 is 19.9 Å². The van der Waals surface area contributed by atoms with Gasteiger partial charge >= 0.3 is 6.03 Å². The number of nitrogens with zero attached hydrogens (tertiary/aromatic N) is 2. The summed E-state index contributed by atoms with van der Waals surface area (Å²) in [6, 6.07) is 0.523. The molecule has 0 bridgehead atoms. The Labute approximate surface area is 207 Å². The van der Waals surface area contributed by atoms with Crippen molar-refractivity contribution in [2.45, 2.75) is 45.7 Å². The number of carbonyl (C=O) groups excluding carboxylic acids is 1. The molecule has 0 atom stereocenters. The molecule has 1 N–H and O–H groups in total. The number of hydrogen-bond donors (Lipinski definition) is 1. The second-order valence-electron chi connectivity index (χ2n) is 7.02. The number of rotatable bonds is 8. The van der Waals surface area contributed by atoms with Crippen LogP contribution in [0.4, 0.5) is 9.18 Å². The normalized spacial score (nSPS) is 24.7. The first kappa shape index (κ1) is 9.90. The number of amides is 2. The molecule has 31 heavy (non-hydrogen) atoms. The van der Waals surface area contributed by atoms with E-state index < -0.39 is 87.5 Å². The fourth-order valence-electron chi connectivity index (χ4n) is 3.16. The molecule has 168 valence electrons. The highest BCUT2D eigenvalue weighted by Gasteiger charge is 2.27. The average Bonchev–Trinajstić information content (AvgIpc) is 2.95. The molecule has 1 aliphatic rings. The van der Waals surface area contributed by atoms with Crippen molar-refractivity contribution < 1.29 is 35.9 Å². The van der Waals surface area contributed by atoms with Crippen LogP contribution in [0.2, 0.25) is 0 Å². The van der Waals surface area contributed by atoms with Gasteiger partial charge in [0.15, 0.2) is 0 Å². The van der Waals surface area contributed by atoms with Gasteiger partial charge in [-0.15, -0.1) is 0 Å². The summed E-state index contributed by atoms with van der Waals surface area (Å²) in [4.78, 5) is 16.2. The van der Waals surface area contributed by atoms with E-state index in [1.807, 2.05) is 0 Å². The molecule has 0 spiro atoms. The second-order valence-corrected chi connectivity index (χ2v) is 7.02. The lowest BCUT2D eigenvalue weighted by Gasteiger charge is -2.37. The molecular formula is C25H34FN3O2. The number of nitrogens with one attached hydrogen (secondary N) is 1. The molecule has 6 heteroatoms. The standard InChI is InChI=1S/C25H34FN3O2/c1-19(2)18-31-24-10-6-20(7-11-24)16-27-25(30)29(23-12-14-28(3)15-13-23)17-21-4-8-22(26)9-5-21/h4-11,19,23H,12-18H2,1-3H3,(H,27,30)/i1D3,2D3,3D3,6D,7D,10D,11D,18D2,19D. The van der Waals surface area contributed by atoms with Gasteiger partial charge in [-0.2, -0.15) is 0 Å². The van der Waals surface area contributed by atoms with E-state index >= 15 is 0 Å². The molecule has 0 radical (unpaired) electrons. The zero-order valence-corrected chi connectivity index (χ0v) is 16.7. The number of benzene rings is 2. The summed E-state index contributed by atoms with van der Waals surface area (Å²) in [5.74, 6) is -5.52. The molecule has 0 aromatic heterocycles. The molecule has 1 saturated heterocycles. The van der Waals surface area contributed by atoms with Crippen LogP contribution >= 0.6 is 0 Å². The second kappa shape index (κ2) is 11.1. The maximum atomic E-state index is 13.5. The lowest BCUT2D eigenvalue weighted by Crippen LogP contribution is -2.49. The van der Waals surface area contributed by atoms with Gasteiger partial charge in [0.25, 0.3) is 0 Å². The first-order valence-electron chi connectivity index (χ1n) is 17.7. The van der Waals surface area contributed by atoms with Crippen molar-refractivity contribution in [3.63, 3.8) is 0 Å². The summed E-state index contributed by atoms with van der Waals surface area (Å²) in [5.41, 5.74) is 0.184. The van der Waals surface area contributed by atoms with Crippen LogP contribution < -0.4 is 10.1 Å². The van der Waals surface area contributed by atoms with E-state index in [0.717, 1.165) is 0 Å². The van der Waals surface area contributed by atoms with Crippen LogP contribution in [0.25, 0.3) is 0 Å². The Morgan fingerprint density at radius 2 is 2.00 bits per heavy atom. The molecule has 3 rings (SSSR count). The SMILES string of the molecule is [2H]c1c([2H])c(OC([2H])([2H])C([2H])(C([2H])([2H])[2H])C([2H])([2H])[2H])c([2H])c([2H])c1CNC(=O)N(Cc1ccc(F)cc1)C1CCN(C([2H])([2H])[2H])CC1. The Morgan fingerprint density at radius 1 is 1.29 bits per heavy atom. The van der Waals surface area contributed by atoms with Gasteiger partial charge in [-0.3, -0.25) is 0 Å². The monoisotopic (exact) mass is 443 g/mol. The third kappa shape index (κ3) is 7.24. The van der Waals surface area contributed by atoms with Gasteiger partial charge in [-0.25, -0.2) is 9.18 Å². The van der Waals surface area contributed by atoms with Crippen LogP contribution in [0.15, 0.2) is 48.4 Å². The highest BCUT2D eigenvalue weighted by atomic mass is 19.1. The molecule has 0 saturated carbocycles. The molecule has 1 fully saturated rings. The van der Waals surface area contributed by atoms with Crippen LogP contribution in [0.3, 0.4) is 0 Å². The van der Waals surface area contributed by atoms with Crippen LogP contribution in [-0.4, -0.2) is 48.5 Å². The molecule has 5 nitrogen and oxygen atoms in total. The van der Waals surface area contributed by atoms with E-state index in [9.17, 15) is 9.18 Å². The predicted molar refractivity (Wildman–Crippen MR) is 121 cm³/mol.